The van der Waals surface area contributed by atoms with Crippen LogP contribution in [-0.4, -0.2) is 35.4 Å². The third-order valence-electron chi connectivity index (χ3n) is 2.29. The van der Waals surface area contributed by atoms with Gasteiger partial charge in [0.25, 0.3) is 0 Å². The van der Waals surface area contributed by atoms with Gasteiger partial charge in [-0.3, -0.25) is 4.90 Å². The van der Waals surface area contributed by atoms with Crippen LogP contribution in [0, 0.1) is 0 Å². The van der Waals surface area contributed by atoms with Gasteiger partial charge in [0.05, 0.1) is 11.0 Å². The van der Waals surface area contributed by atoms with Crippen LogP contribution in [0.1, 0.15) is 12.8 Å². The third kappa shape index (κ3) is 2.22. The zero-order chi connectivity index (χ0) is 8.48. The maximum absolute atomic E-state index is 6.18. The molecule has 1 heterocycles. The smallest absolute Gasteiger partial charge is 0.0621 e. The Labute approximate surface area is 77.6 Å². The predicted molar refractivity (Wildman–Crippen MR) is 49.1 cm³/mol. The standard InChI is InChI=1S/C7H14Cl2N2/c1-11-3-2-7(9,5-8)4-6(11)10/h6H,2-5,10H2,1H3. The minimum Gasteiger partial charge on any atom is -0.316 e. The van der Waals surface area contributed by atoms with Crippen LogP contribution in [0.4, 0.5) is 0 Å². The molecule has 0 saturated carbocycles. The van der Waals surface area contributed by atoms with Crippen LogP contribution in [0.2, 0.25) is 0 Å². The van der Waals surface area contributed by atoms with Crippen LogP contribution >= 0.6 is 23.2 Å². The Balaban J connectivity index is 2.51. The summed E-state index contributed by atoms with van der Waals surface area (Å²) < 4.78 is 0. The van der Waals surface area contributed by atoms with E-state index < -0.39 is 0 Å². The monoisotopic (exact) mass is 196 g/mol. The van der Waals surface area contributed by atoms with E-state index in [4.69, 9.17) is 28.9 Å². The number of alkyl halides is 2. The molecule has 66 valence electrons. The molecule has 1 fully saturated rings. The normalized spacial score (nSPS) is 40.9. The predicted octanol–water partition coefficient (Wildman–Crippen LogP) is 1.21. The molecule has 11 heavy (non-hydrogen) atoms. The van der Waals surface area contributed by atoms with Crippen molar-refractivity contribution in [3.05, 3.63) is 0 Å². The van der Waals surface area contributed by atoms with Gasteiger partial charge in [0.1, 0.15) is 0 Å². The fourth-order valence-electron chi connectivity index (χ4n) is 1.30. The molecule has 1 aliphatic heterocycles. The van der Waals surface area contributed by atoms with Crippen molar-refractivity contribution in [1.82, 2.24) is 4.90 Å². The topological polar surface area (TPSA) is 29.3 Å². The van der Waals surface area contributed by atoms with Gasteiger partial charge in [-0.1, -0.05) is 0 Å². The molecule has 1 aliphatic rings. The SMILES string of the molecule is CN1CCC(Cl)(CCl)CC1N. The highest BCUT2D eigenvalue weighted by Crippen LogP contribution is 2.31. The Kier molecular flexibility index (Phi) is 3.03. The van der Waals surface area contributed by atoms with Gasteiger partial charge in [-0.15, -0.1) is 23.2 Å². The largest absolute Gasteiger partial charge is 0.316 e. The van der Waals surface area contributed by atoms with Crippen molar-refractivity contribution in [1.29, 1.82) is 0 Å². The van der Waals surface area contributed by atoms with Gasteiger partial charge < -0.3 is 5.73 Å². The van der Waals surface area contributed by atoms with E-state index in [9.17, 15) is 0 Å². The number of likely N-dealkylation sites (tertiary alicyclic amines) is 1. The Morgan fingerprint density at radius 3 is 2.82 bits per heavy atom. The van der Waals surface area contributed by atoms with Crippen LogP contribution in [-0.2, 0) is 0 Å². The average molecular weight is 197 g/mol. The number of halogens is 2. The van der Waals surface area contributed by atoms with Crippen molar-refractivity contribution in [2.75, 3.05) is 19.5 Å². The lowest BCUT2D eigenvalue weighted by molar-refractivity contribution is 0.166. The number of nitrogens with two attached hydrogens (primary N) is 1. The van der Waals surface area contributed by atoms with E-state index in [-0.39, 0.29) is 11.0 Å². The van der Waals surface area contributed by atoms with E-state index in [1.807, 2.05) is 7.05 Å². The van der Waals surface area contributed by atoms with E-state index in [0.717, 1.165) is 19.4 Å². The number of hydrogen-bond donors (Lipinski definition) is 1. The van der Waals surface area contributed by atoms with Crippen LogP contribution in [0.3, 0.4) is 0 Å². The summed E-state index contributed by atoms with van der Waals surface area (Å²) in [4.78, 5) is 1.85. The maximum atomic E-state index is 6.18. The first kappa shape index (κ1) is 9.59. The summed E-state index contributed by atoms with van der Waals surface area (Å²) >= 11 is 11.9. The second kappa shape index (κ2) is 3.48. The minimum absolute atomic E-state index is 0.0694. The van der Waals surface area contributed by atoms with Gasteiger partial charge in [0, 0.05) is 12.4 Å². The summed E-state index contributed by atoms with van der Waals surface area (Å²) in [5, 5.41) is 0. The highest BCUT2D eigenvalue weighted by atomic mass is 35.5. The van der Waals surface area contributed by atoms with Gasteiger partial charge in [-0.05, 0) is 19.9 Å². The first-order chi connectivity index (χ1) is 5.07. The number of piperidine rings is 1. The molecule has 2 nitrogen and oxygen atoms in total. The van der Waals surface area contributed by atoms with Crippen LogP contribution in [0.15, 0.2) is 0 Å². The van der Waals surface area contributed by atoms with E-state index in [0.29, 0.717) is 5.88 Å². The number of rotatable bonds is 1. The molecule has 0 aliphatic carbocycles. The molecule has 2 N–H and O–H groups in total. The summed E-state index contributed by atoms with van der Waals surface area (Å²) in [5.74, 6) is 0.496. The molecule has 0 aromatic carbocycles. The molecule has 0 aromatic rings. The van der Waals surface area contributed by atoms with Gasteiger partial charge >= 0.3 is 0 Å². The first-order valence-corrected chi connectivity index (χ1v) is 4.69. The Hall–Kier alpha value is 0.500. The molecular weight excluding hydrogens is 183 g/mol. The molecule has 1 rings (SSSR count). The van der Waals surface area contributed by atoms with Gasteiger partial charge in [0.15, 0.2) is 0 Å². The lowest BCUT2D eigenvalue weighted by atomic mass is 9.96. The van der Waals surface area contributed by atoms with Crippen LogP contribution in [0.5, 0.6) is 0 Å². The van der Waals surface area contributed by atoms with Crippen molar-refractivity contribution in [3.63, 3.8) is 0 Å². The van der Waals surface area contributed by atoms with Gasteiger partial charge in [-0.2, -0.15) is 0 Å². The van der Waals surface area contributed by atoms with Crippen molar-refractivity contribution in [2.24, 2.45) is 5.73 Å². The summed E-state index contributed by atoms with van der Waals surface area (Å²) in [6, 6.07) is 0. The molecular formula is C7H14Cl2N2. The molecule has 0 amide bonds. The van der Waals surface area contributed by atoms with E-state index in [2.05, 4.69) is 4.90 Å². The molecule has 0 bridgehead atoms. The van der Waals surface area contributed by atoms with Crippen LogP contribution in [0.25, 0.3) is 0 Å². The molecule has 2 atom stereocenters. The van der Waals surface area contributed by atoms with Crippen molar-refractivity contribution in [2.45, 2.75) is 23.9 Å². The second-order valence-corrected chi connectivity index (χ2v) is 4.36. The van der Waals surface area contributed by atoms with Crippen molar-refractivity contribution >= 4 is 23.2 Å². The molecule has 0 spiro atoms. The molecule has 2 unspecified atom stereocenters. The number of nitrogens with zero attached hydrogens (tertiary/aromatic N) is 1. The zero-order valence-corrected chi connectivity index (χ0v) is 8.20. The molecule has 0 radical (unpaired) electrons. The Bertz CT molecular complexity index is 142. The second-order valence-electron chi connectivity index (χ2n) is 3.29. The van der Waals surface area contributed by atoms with E-state index in [1.165, 1.54) is 0 Å². The first-order valence-electron chi connectivity index (χ1n) is 3.78. The Morgan fingerprint density at radius 2 is 2.36 bits per heavy atom. The minimum atomic E-state index is -0.256. The fraction of sp³-hybridized carbons (Fsp3) is 1.00. The van der Waals surface area contributed by atoms with Gasteiger partial charge in [0.2, 0.25) is 0 Å². The highest BCUT2D eigenvalue weighted by Gasteiger charge is 2.34. The average Bonchev–Trinajstić information content (AvgIpc) is 1.98. The Morgan fingerprint density at radius 1 is 1.73 bits per heavy atom. The molecule has 1 saturated heterocycles. The number of hydrogen-bond acceptors (Lipinski definition) is 2. The zero-order valence-electron chi connectivity index (χ0n) is 6.69. The van der Waals surface area contributed by atoms with Crippen molar-refractivity contribution < 1.29 is 0 Å². The highest BCUT2D eigenvalue weighted by molar-refractivity contribution is 6.30. The quantitative estimate of drug-likeness (QED) is 0.640. The summed E-state index contributed by atoms with van der Waals surface area (Å²) in [5.41, 5.74) is 5.81. The van der Waals surface area contributed by atoms with E-state index in [1.54, 1.807) is 0 Å². The van der Waals surface area contributed by atoms with Crippen molar-refractivity contribution in [3.8, 4) is 0 Å². The summed E-state index contributed by atoms with van der Waals surface area (Å²) in [7, 11) is 2.01. The maximum Gasteiger partial charge on any atom is 0.0621 e. The van der Waals surface area contributed by atoms with Crippen LogP contribution < -0.4 is 5.73 Å². The lowest BCUT2D eigenvalue weighted by Crippen LogP contribution is -2.51. The third-order valence-corrected chi connectivity index (χ3v) is 3.42. The van der Waals surface area contributed by atoms with E-state index >= 15 is 0 Å². The lowest BCUT2D eigenvalue weighted by Gasteiger charge is -2.39. The fourth-order valence-corrected chi connectivity index (χ4v) is 1.78. The molecule has 0 aromatic heterocycles. The summed E-state index contributed by atoms with van der Waals surface area (Å²) in [6.45, 7) is 0.942. The van der Waals surface area contributed by atoms with Gasteiger partial charge in [-0.25, -0.2) is 0 Å². The summed E-state index contributed by atoms with van der Waals surface area (Å²) in [6.07, 6.45) is 1.79. The molecule has 4 heteroatoms.